The van der Waals surface area contributed by atoms with Crippen LogP contribution < -0.4 is 24.8 Å². The summed E-state index contributed by atoms with van der Waals surface area (Å²) in [6.07, 6.45) is 2.29. The molecule has 4 aromatic carbocycles. The molecule has 0 spiro atoms. The zero-order valence-corrected chi connectivity index (χ0v) is 34.6. The van der Waals surface area contributed by atoms with Crippen molar-refractivity contribution in [2.24, 2.45) is 0 Å². The van der Waals surface area contributed by atoms with E-state index in [4.69, 9.17) is 0 Å². The molecule has 2 aliphatic carbocycles. The molecule has 0 saturated carbocycles. The minimum absolute atomic E-state index is 0. The van der Waals surface area contributed by atoms with Gasteiger partial charge in [0.05, 0.1) is 0 Å². The van der Waals surface area contributed by atoms with Crippen LogP contribution in [-0.4, -0.2) is 5.43 Å². The van der Waals surface area contributed by atoms with Gasteiger partial charge < -0.3 is 24.8 Å². The summed E-state index contributed by atoms with van der Waals surface area (Å²) in [5.74, 6) is 0. The van der Waals surface area contributed by atoms with Gasteiger partial charge in [0.25, 0.3) is 0 Å². The third-order valence-electron chi connectivity index (χ3n) is 10.2. The molecule has 0 N–H and O–H groups in total. The zero-order chi connectivity index (χ0) is 35.8. The Morgan fingerprint density at radius 2 is 0.923 bits per heavy atom. The van der Waals surface area contributed by atoms with Gasteiger partial charge in [-0.15, -0.1) is 0 Å². The first-order chi connectivity index (χ1) is 23.8. The summed E-state index contributed by atoms with van der Waals surface area (Å²) < 4.78 is 81.3. The predicted molar refractivity (Wildman–Crippen MR) is 192 cm³/mol. The fourth-order valence-corrected chi connectivity index (χ4v) is 28.3. The summed E-state index contributed by atoms with van der Waals surface area (Å²) in [6, 6.07) is 23.9. The Bertz CT molecular complexity index is 1830. The van der Waals surface area contributed by atoms with Gasteiger partial charge in [-0.05, 0) is 0 Å². The van der Waals surface area contributed by atoms with Crippen molar-refractivity contribution in [3.05, 3.63) is 129 Å². The molecule has 2 atom stereocenters. The molecule has 2 unspecified atom stereocenters. The minimum Gasteiger partial charge on any atom is -1.00 e. The van der Waals surface area contributed by atoms with Crippen LogP contribution in [0.4, 0.5) is 26.3 Å². The van der Waals surface area contributed by atoms with E-state index >= 15 is 0 Å². The van der Waals surface area contributed by atoms with Crippen LogP contribution in [-0.2, 0) is 32.7 Å². The van der Waals surface area contributed by atoms with Gasteiger partial charge in [-0.3, -0.25) is 0 Å². The quantitative estimate of drug-likeness (QED) is 0.113. The molecule has 0 aliphatic heterocycles. The van der Waals surface area contributed by atoms with Crippen LogP contribution in [0.3, 0.4) is 0 Å². The van der Waals surface area contributed by atoms with E-state index in [0.29, 0.717) is 7.25 Å². The first-order valence-corrected chi connectivity index (χ1v) is 26.5. The summed E-state index contributed by atoms with van der Waals surface area (Å²) in [7, 11) is 0. The number of fused-ring (bicyclic) bond motifs is 2. The van der Waals surface area contributed by atoms with E-state index in [0.717, 1.165) is 71.9 Å². The molecule has 0 amide bonds. The van der Waals surface area contributed by atoms with E-state index in [1.165, 1.54) is 46.5 Å². The number of halogens is 8. The van der Waals surface area contributed by atoms with Crippen molar-refractivity contribution in [3.63, 3.8) is 0 Å². The van der Waals surface area contributed by atoms with Crippen LogP contribution in [0.1, 0.15) is 93.0 Å². The number of allylic oxidation sites excluding steroid dienone is 2. The maximum Gasteiger partial charge on any atom is -1.00 e. The average molecular weight is 851 g/mol. The Hall–Kier alpha value is -2.38. The number of unbranched alkanes of at least 4 members (excludes halogenated alkanes) is 2. The van der Waals surface area contributed by atoms with Gasteiger partial charge in [0, 0.05) is 0 Å². The molecule has 0 bridgehead atoms. The fourth-order valence-electron chi connectivity index (χ4n) is 7.78. The molecule has 2 aliphatic rings. The molecule has 6 rings (SSSR count). The van der Waals surface area contributed by atoms with E-state index in [1.807, 2.05) is 12.1 Å². The number of hydrogen-bond donors (Lipinski definition) is 0. The normalized spacial score (nSPS) is 16.1. The second kappa shape index (κ2) is 17.4. The van der Waals surface area contributed by atoms with Gasteiger partial charge in [-0.1, -0.05) is 0 Å². The van der Waals surface area contributed by atoms with Crippen LogP contribution in [0.25, 0.3) is 34.4 Å². The third kappa shape index (κ3) is 8.61. The largest absolute Gasteiger partial charge is 1.00 e. The smallest absolute Gasteiger partial charge is 1.00 e. The standard InChI is InChI=1S/2C20H18F3.C2H6Si.2ClH.Zr/c2*1-2-3-5-14-12-16-6-4-7-18(19(16)13-14)15-8-10-17(11-9-15)20(21,22)23;1-3-2;;;/h2*4,6-13H,2-3,5H2,1H3;1-2H3;2*1H;/q;;;;;+2/p-2. The molecule has 0 fully saturated rings. The molecule has 0 nitrogen and oxygen atoms in total. The average Bonchev–Trinajstić information content (AvgIpc) is 3.64. The van der Waals surface area contributed by atoms with Crippen molar-refractivity contribution in [1.82, 2.24) is 0 Å². The topological polar surface area (TPSA) is 0 Å². The van der Waals surface area contributed by atoms with Crippen LogP contribution in [0.2, 0.25) is 13.1 Å². The van der Waals surface area contributed by atoms with Crippen molar-refractivity contribution in [1.29, 1.82) is 0 Å². The molecular weight excluding hydrogens is 809 g/mol. The number of hydrogen-bond acceptors (Lipinski definition) is 0. The molecule has 0 heterocycles. The zero-order valence-electron chi connectivity index (χ0n) is 29.7. The Morgan fingerprint density at radius 3 is 1.23 bits per heavy atom. The van der Waals surface area contributed by atoms with Crippen LogP contribution in [0, 0.1) is 0 Å². The monoisotopic (exact) mass is 848 g/mol. The third-order valence-corrected chi connectivity index (χ3v) is 29.7. The summed E-state index contributed by atoms with van der Waals surface area (Å²) in [4.78, 5) is 0. The Kier molecular flexibility index (Phi) is 14.2. The summed E-state index contributed by atoms with van der Waals surface area (Å²) >= 11 is -2.54. The first-order valence-electron chi connectivity index (χ1n) is 17.5. The maximum absolute atomic E-state index is 13.4. The Balaban J connectivity index is 0.00000302. The summed E-state index contributed by atoms with van der Waals surface area (Å²) in [6.45, 7) is 9.37. The summed E-state index contributed by atoms with van der Waals surface area (Å²) in [5, 5.41) is 0. The van der Waals surface area contributed by atoms with Gasteiger partial charge >= 0.3 is 301 Å². The van der Waals surface area contributed by atoms with Gasteiger partial charge in [-0.25, -0.2) is 0 Å². The van der Waals surface area contributed by atoms with E-state index in [-0.39, 0.29) is 24.8 Å². The number of rotatable bonds is 10. The van der Waals surface area contributed by atoms with Crippen LogP contribution in [0.5, 0.6) is 0 Å². The molecular formula is C42H42Cl2F6SiZr. The second-order valence-electron chi connectivity index (χ2n) is 13.7. The Labute approximate surface area is 323 Å². The molecule has 52 heavy (non-hydrogen) atoms. The van der Waals surface area contributed by atoms with Crippen molar-refractivity contribution in [2.75, 3.05) is 0 Å². The molecule has 0 aromatic heterocycles. The SMILES string of the molecule is CCCCC1=Cc2c(-c3ccc(C(F)(F)F)cc3)cccc2[CH]1[Zr+2]([CH]1C(CCCC)=Cc2c(-c3ccc(C(F)(F)F)cc3)cccc21)=[Si](C)C.[Cl-].[Cl-]. The fraction of sp³-hybridized carbons (Fsp3) is 0.333. The van der Waals surface area contributed by atoms with Crippen molar-refractivity contribution in [3.8, 4) is 22.3 Å². The van der Waals surface area contributed by atoms with Gasteiger partial charge in [0.2, 0.25) is 0 Å². The number of alkyl halides is 6. The van der Waals surface area contributed by atoms with E-state index in [2.05, 4.69) is 63.4 Å². The van der Waals surface area contributed by atoms with Crippen molar-refractivity contribution >= 4 is 17.6 Å². The second-order valence-corrected chi connectivity index (χ2v) is 31.6. The number of benzene rings is 4. The van der Waals surface area contributed by atoms with Crippen molar-refractivity contribution in [2.45, 2.75) is 85.1 Å². The van der Waals surface area contributed by atoms with E-state index < -0.39 is 49.3 Å². The molecule has 4 aromatic rings. The van der Waals surface area contributed by atoms with Crippen molar-refractivity contribution < 1.29 is 71.5 Å². The van der Waals surface area contributed by atoms with Gasteiger partial charge in [0.1, 0.15) is 0 Å². The summed E-state index contributed by atoms with van der Waals surface area (Å²) in [5.41, 5.74) is 9.41. The Morgan fingerprint density at radius 1 is 0.558 bits per heavy atom. The van der Waals surface area contributed by atoms with E-state index in [9.17, 15) is 26.3 Å². The first kappa shape index (κ1) is 42.4. The molecule has 10 heteroatoms. The molecule has 0 radical (unpaired) electrons. The predicted octanol–water partition coefficient (Wildman–Crippen LogP) is 7.89. The van der Waals surface area contributed by atoms with Crippen LogP contribution in [0.15, 0.2) is 96.1 Å². The molecule has 0 saturated heterocycles. The van der Waals surface area contributed by atoms with Crippen LogP contribution >= 0.6 is 0 Å². The maximum atomic E-state index is 13.4. The van der Waals surface area contributed by atoms with Gasteiger partial charge in [-0.2, -0.15) is 0 Å². The minimum atomic E-state index is -4.38. The van der Waals surface area contributed by atoms with E-state index in [1.54, 1.807) is 24.3 Å². The molecule has 274 valence electrons. The van der Waals surface area contributed by atoms with Gasteiger partial charge in [0.15, 0.2) is 0 Å².